The predicted octanol–water partition coefficient (Wildman–Crippen LogP) is -0.313. The van der Waals surface area contributed by atoms with Crippen molar-refractivity contribution in [3.8, 4) is 0 Å². The van der Waals surface area contributed by atoms with E-state index in [1.54, 1.807) is 51.7 Å². The van der Waals surface area contributed by atoms with E-state index in [2.05, 4.69) is 4.90 Å². The van der Waals surface area contributed by atoms with Gasteiger partial charge < -0.3 is 49.0 Å². The van der Waals surface area contributed by atoms with Crippen molar-refractivity contribution in [2.45, 2.75) is 66.7 Å². The summed E-state index contributed by atoms with van der Waals surface area (Å²) in [6, 6.07) is 8.22. The third-order valence-electron chi connectivity index (χ3n) is 12.6. The number of hydrogen-bond acceptors (Lipinski definition) is 11. The molecular weight excluding hydrogens is 546 g/mol. The highest BCUT2D eigenvalue weighted by Gasteiger charge is 2.91. The van der Waals surface area contributed by atoms with Gasteiger partial charge >= 0.3 is 5.97 Å². The predicted molar refractivity (Wildman–Crippen MR) is 146 cm³/mol. The number of hydrogen-bond donors (Lipinski definition) is 4. The number of rotatable bonds is 7. The Bertz CT molecular complexity index is 1240. The van der Waals surface area contributed by atoms with E-state index in [-0.39, 0.29) is 25.0 Å². The van der Waals surface area contributed by atoms with E-state index in [0.717, 1.165) is 0 Å². The van der Waals surface area contributed by atoms with Crippen LogP contribution >= 0.6 is 0 Å². The second-order valence-electron chi connectivity index (χ2n) is 13.7. The fourth-order valence-electron chi connectivity index (χ4n) is 11.8. The molecule has 1 heterocycles. The first-order valence-electron chi connectivity index (χ1n) is 14.9. The Hall–Kier alpha value is -1.67. The maximum absolute atomic E-state index is 13.5. The number of methoxy groups -OCH3 is 4. The molecule has 11 nitrogen and oxygen atoms in total. The van der Waals surface area contributed by atoms with Gasteiger partial charge in [-0.2, -0.15) is 0 Å². The van der Waals surface area contributed by atoms with Crippen LogP contribution in [0.15, 0.2) is 30.3 Å². The quantitative estimate of drug-likeness (QED) is 0.311. The number of likely N-dealkylation sites (tertiary alicyclic amines) is 1. The molecule has 1 aromatic rings. The molecule has 11 heteroatoms. The third kappa shape index (κ3) is 3.05. The number of fused-ring (bicyclic) bond motifs is 2. The topological polar surface area (TPSA) is 147 Å². The molecule has 2 unspecified atom stereocenters. The molecule has 7 bridgehead atoms. The zero-order valence-electron chi connectivity index (χ0n) is 24.8. The number of aliphatic hydroxyl groups excluding tert-OH is 2. The van der Waals surface area contributed by atoms with Crippen molar-refractivity contribution >= 4 is 5.97 Å². The molecule has 4 N–H and O–H groups in total. The first-order chi connectivity index (χ1) is 20.0. The van der Waals surface area contributed by atoms with Crippen LogP contribution in [0.4, 0.5) is 0 Å². The van der Waals surface area contributed by atoms with Crippen molar-refractivity contribution in [1.29, 1.82) is 0 Å². The number of aliphatic hydroxyl groups is 4. The average Bonchev–Trinajstić information content (AvgIpc) is 3.37. The summed E-state index contributed by atoms with van der Waals surface area (Å²) in [6.07, 6.45) is -5.28. The van der Waals surface area contributed by atoms with E-state index in [9.17, 15) is 25.2 Å². The average molecular weight is 590 g/mol. The summed E-state index contributed by atoms with van der Waals surface area (Å²) in [7, 11) is 8.22. The van der Waals surface area contributed by atoms with Gasteiger partial charge in [0.05, 0.1) is 30.5 Å². The zero-order valence-corrected chi connectivity index (χ0v) is 24.8. The van der Waals surface area contributed by atoms with Crippen LogP contribution in [0.2, 0.25) is 0 Å². The molecule has 5 saturated carbocycles. The molecule has 0 amide bonds. The summed E-state index contributed by atoms with van der Waals surface area (Å²) in [6.45, 7) is 0.760. The molecule has 6 aliphatic rings. The fourth-order valence-corrected chi connectivity index (χ4v) is 11.8. The van der Waals surface area contributed by atoms with Crippen LogP contribution in [-0.2, 0) is 23.7 Å². The maximum Gasteiger partial charge on any atom is 0.338 e. The van der Waals surface area contributed by atoms with Crippen LogP contribution in [0.5, 0.6) is 0 Å². The van der Waals surface area contributed by atoms with Crippen molar-refractivity contribution in [3.63, 3.8) is 0 Å². The lowest BCUT2D eigenvalue weighted by Crippen LogP contribution is -2.80. The van der Waals surface area contributed by atoms with Gasteiger partial charge in [0, 0.05) is 76.0 Å². The molecule has 232 valence electrons. The Kier molecular flexibility index (Phi) is 6.52. The molecule has 42 heavy (non-hydrogen) atoms. The van der Waals surface area contributed by atoms with Crippen molar-refractivity contribution in [1.82, 2.24) is 4.90 Å². The highest BCUT2D eigenvalue weighted by molar-refractivity contribution is 5.89. The summed E-state index contributed by atoms with van der Waals surface area (Å²) in [5.74, 6) is -2.96. The highest BCUT2D eigenvalue weighted by atomic mass is 16.6. The van der Waals surface area contributed by atoms with Crippen LogP contribution in [0.1, 0.15) is 23.2 Å². The van der Waals surface area contributed by atoms with E-state index in [0.29, 0.717) is 18.5 Å². The number of ether oxygens (including phenoxy) is 5. The molecule has 1 aliphatic heterocycles. The molecule has 6 fully saturated rings. The third-order valence-corrected chi connectivity index (χ3v) is 12.6. The van der Waals surface area contributed by atoms with Crippen molar-refractivity contribution < 1.29 is 48.9 Å². The van der Waals surface area contributed by atoms with Gasteiger partial charge in [-0.1, -0.05) is 18.2 Å². The smallest absolute Gasteiger partial charge is 0.338 e. The number of esters is 1. The largest absolute Gasteiger partial charge is 0.455 e. The molecule has 1 spiro atoms. The molecule has 1 aromatic carbocycles. The van der Waals surface area contributed by atoms with Crippen molar-refractivity contribution in [2.24, 2.45) is 34.5 Å². The molecule has 15 atom stereocenters. The van der Waals surface area contributed by atoms with Crippen LogP contribution in [0.25, 0.3) is 0 Å². The molecular formula is C31H43NO10. The summed E-state index contributed by atoms with van der Waals surface area (Å²) in [5, 5.41) is 49.4. The van der Waals surface area contributed by atoms with E-state index >= 15 is 0 Å². The zero-order chi connectivity index (χ0) is 30.0. The second kappa shape index (κ2) is 9.42. The fraction of sp³-hybridized carbons (Fsp3) is 0.774. The van der Waals surface area contributed by atoms with Gasteiger partial charge in [-0.3, -0.25) is 0 Å². The van der Waals surface area contributed by atoms with Crippen LogP contribution < -0.4 is 0 Å². The summed E-state index contributed by atoms with van der Waals surface area (Å²) < 4.78 is 30.3. The molecule has 0 radical (unpaired) electrons. The van der Waals surface area contributed by atoms with Crippen molar-refractivity contribution in [3.05, 3.63) is 35.9 Å². The first kappa shape index (κ1) is 29.1. The minimum atomic E-state index is -1.86. The lowest BCUT2D eigenvalue weighted by Gasteiger charge is -2.69. The van der Waals surface area contributed by atoms with Crippen molar-refractivity contribution in [2.75, 3.05) is 48.6 Å². The summed E-state index contributed by atoms with van der Waals surface area (Å²) in [5.41, 5.74) is -4.81. The van der Waals surface area contributed by atoms with Gasteiger partial charge in [-0.05, 0) is 31.5 Å². The lowest BCUT2D eigenvalue weighted by molar-refractivity contribution is -0.318. The van der Waals surface area contributed by atoms with E-state index in [1.807, 2.05) is 7.05 Å². The maximum atomic E-state index is 13.5. The lowest BCUT2D eigenvalue weighted by atomic mass is 9.42. The van der Waals surface area contributed by atoms with E-state index in [4.69, 9.17) is 23.7 Å². The SMILES string of the molecule is COC[C@]12CN(C)[C@@H]3C4C(OC)[C@H]1[C@@]3([C@@H](OC)C[C@H]2O)[C@@H]1C[C@@]2(O)[C@H](OC(=O)c3ccccc3)[C@@H]1[C@]4(O)[C@@H](O)[C@@H]2OC. The number of nitrogens with zero attached hydrogens (tertiary/aromatic N) is 1. The number of carbonyl (C=O) groups excluding carboxylic acids is 1. The van der Waals surface area contributed by atoms with Crippen LogP contribution in [-0.4, -0.2) is 134 Å². The minimum absolute atomic E-state index is 0.102. The van der Waals surface area contributed by atoms with Gasteiger partial charge in [0.25, 0.3) is 0 Å². The van der Waals surface area contributed by atoms with Gasteiger partial charge in [0.2, 0.25) is 0 Å². The van der Waals surface area contributed by atoms with E-state index in [1.165, 1.54) is 7.11 Å². The van der Waals surface area contributed by atoms with Gasteiger partial charge in [0.1, 0.15) is 29.5 Å². The Morgan fingerprint density at radius 3 is 2.33 bits per heavy atom. The summed E-state index contributed by atoms with van der Waals surface area (Å²) >= 11 is 0. The second-order valence-corrected chi connectivity index (χ2v) is 13.7. The molecule has 1 saturated heterocycles. The monoisotopic (exact) mass is 589 g/mol. The van der Waals surface area contributed by atoms with Gasteiger partial charge in [-0.25, -0.2) is 4.79 Å². The Labute approximate surface area is 245 Å². The standard InChI is InChI=1S/C31H43NO10/c1-32-13-28(14-38-2)17(33)11-18(39-3)30-16-12-29(36)25(42-27(35)15-9-7-6-8-10-15)19(16)31(37,24(34)26(29)41-5)20(23(30)32)21(40-4)22(28)30/h6-10,16-26,33-34,36-37H,11-14H2,1-5H3/t16-,17-,18+,19-,20?,21?,22-,23-,24+,25-,26+,28+,29-,30+,31-/m1/s1. The molecule has 0 aromatic heterocycles. The summed E-state index contributed by atoms with van der Waals surface area (Å²) in [4.78, 5) is 15.7. The van der Waals surface area contributed by atoms with Gasteiger partial charge in [0.15, 0.2) is 0 Å². The highest BCUT2D eigenvalue weighted by Crippen LogP contribution is 2.80. The number of carbonyl (C=O) groups is 1. The van der Waals surface area contributed by atoms with E-state index < -0.39 is 82.4 Å². The number of piperidine rings is 1. The van der Waals surface area contributed by atoms with Crippen LogP contribution in [0.3, 0.4) is 0 Å². The van der Waals surface area contributed by atoms with Crippen LogP contribution in [0, 0.1) is 34.5 Å². The molecule has 7 rings (SSSR count). The number of benzene rings is 1. The Balaban J connectivity index is 1.47. The Morgan fingerprint density at radius 1 is 1.00 bits per heavy atom. The van der Waals surface area contributed by atoms with Gasteiger partial charge in [-0.15, -0.1) is 0 Å². The normalized spacial score (nSPS) is 53.7. The Morgan fingerprint density at radius 2 is 1.71 bits per heavy atom. The molecule has 5 aliphatic carbocycles. The first-order valence-corrected chi connectivity index (χ1v) is 14.9. The minimum Gasteiger partial charge on any atom is -0.455 e.